The summed E-state index contributed by atoms with van der Waals surface area (Å²) < 4.78 is 6.76. The van der Waals surface area contributed by atoms with E-state index in [4.69, 9.17) is 4.74 Å². The number of carbonyl (C=O) groups is 1. The summed E-state index contributed by atoms with van der Waals surface area (Å²) in [7, 11) is 0. The molecule has 5 nitrogen and oxygen atoms in total. The molecule has 0 aliphatic carbocycles. The summed E-state index contributed by atoms with van der Waals surface area (Å²) in [6, 6.07) is 17.9. The number of rotatable bonds is 3. The molecule has 128 valence electrons. The van der Waals surface area contributed by atoms with Gasteiger partial charge in [-0.15, -0.1) is 5.10 Å². The molecule has 0 amide bonds. The molecule has 0 spiro atoms. The molecule has 3 aromatic rings. The van der Waals surface area contributed by atoms with Crippen LogP contribution < -0.4 is 4.74 Å². The molecule has 0 saturated carbocycles. The second-order valence-corrected chi connectivity index (χ2v) is 6.89. The van der Waals surface area contributed by atoms with Gasteiger partial charge in [-0.1, -0.05) is 63.2 Å². The molecule has 2 aromatic carbocycles. The quantitative estimate of drug-likeness (QED) is 0.675. The third-order valence-corrected chi connectivity index (χ3v) is 3.83. The fraction of sp³-hybridized carbons (Fsp3) is 0.250. The average molecular weight is 335 g/mol. The Labute approximate surface area is 147 Å². The van der Waals surface area contributed by atoms with E-state index in [1.54, 1.807) is 4.68 Å². The summed E-state index contributed by atoms with van der Waals surface area (Å²) in [6.07, 6.45) is 0. The second kappa shape index (κ2) is 6.51. The molecule has 3 rings (SSSR count). The van der Waals surface area contributed by atoms with Crippen molar-refractivity contribution >= 4 is 5.97 Å². The van der Waals surface area contributed by atoms with Gasteiger partial charge >= 0.3 is 12.0 Å². The minimum Gasteiger partial charge on any atom is -0.390 e. The summed E-state index contributed by atoms with van der Waals surface area (Å²) in [5.41, 5.74) is 3.07. The van der Waals surface area contributed by atoms with E-state index >= 15 is 0 Å². The minimum atomic E-state index is -0.445. The number of hydrogen-bond acceptors (Lipinski definition) is 4. The Balaban J connectivity index is 2.08. The number of esters is 1. The minimum absolute atomic E-state index is 0.0475. The molecule has 1 heterocycles. The van der Waals surface area contributed by atoms with Gasteiger partial charge in [-0.3, -0.25) is 4.79 Å². The van der Waals surface area contributed by atoms with E-state index in [-0.39, 0.29) is 11.4 Å². The zero-order chi connectivity index (χ0) is 18.0. The molecule has 0 unspecified atom stereocenters. The summed E-state index contributed by atoms with van der Waals surface area (Å²) in [5, 5.41) is 4.33. The molecule has 0 atom stereocenters. The first kappa shape index (κ1) is 16.9. The predicted molar refractivity (Wildman–Crippen MR) is 96.8 cm³/mol. The van der Waals surface area contributed by atoms with Gasteiger partial charge in [0.25, 0.3) is 0 Å². The molecule has 5 heteroatoms. The molecular weight excluding hydrogens is 314 g/mol. The van der Waals surface area contributed by atoms with Gasteiger partial charge in [-0.2, -0.15) is 4.98 Å². The number of aromatic nitrogens is 3. The average Bonchev–Trinajstić information content (AvgIpc) is 2.98. The topological polar surface area (TPSA) is 57.0 Å². The molecule has 1 aromatic heterocycles. The van der Waals surface area contributed by atoms with Crippen molar-refractivity contribution in [1.82, 2.24) is 14.8 Å². The van der Waals surface area contributed by atoms with Crippen LogP contribution >= 0.6 is 0 Å². The van der Waals surface area contributed by atoms with Crippen LogP contribution in [0, 0.1) is 0 Å². The highest BCUT2D eigenvalue weighted by molar-refractivity contribution is 5.68. The van der Waals surface area contributed by atoms with Crippen molar-refractivity contribution < 1.29 is 9.53 Å². The van der Waals surface area contributed by atoms with Crippen LogP contribution in [0.25, 0.3) is 17.1 Å². The third kappa shape index (κ3) is 3.76. The summed E-state index contributed by atoms with van der Waals surface area (Å²) in [4.78, 5) is 15.6. The Morgan fingerprint density at radius 1 is 1.00 bits per heavy atom. The predicted octanol–water partition coefficient (Wildman–Crippen LogP) is 4.16. The first-order chi connectivity index (χ1) is 11.8. The number of hydrogen-bond donors (Lipinski definition) is 0. The van der Waals surface area contributed by atoms with Crippen LogP contribution in [0.5, 0.6) is 6.01 Å². The van der Waals surface area contributed by atoms with Gasteiger partial charge in [0.05, 0.1) is 5.69 Å². The monoisotopic (exact) mass is 335 g/mol. The molecular formula is C20H21N3O2. The van der Waals surface area contributed by atoms with E-state index in [1.165, 1.54) is 12.5 Å². The maximum atomic E-state index is 11.3. The fourth-order valence-corrected chi connectivity index (χ4v) is 2.52. The van der Waals surface area contributed by atoms with Gasteiger partial charge in [0.1, 0.15) is 0 Å². The SMILES string of the molecule is CC(=O)Oc1nc(-c2ccc(C(C)(C)C)cc2)n(-c2ccccc2)n1. The zero-order valence-electron chi connectivity index (χ0n) is 14.9. The number of carbonyl (C=O) groups excluding carboxylic acids is 1. The van der Waals surface area contributed by atoms with Crippen molar-refractivity contribution in [3.8, 4) is 23.1 Å². The van der Waals surface area contributed by atoms with Crippen LogP contribution in [0.1, 0.15) is 33.3 Å². The van der Waals surface area contributed by atoms with Gasteiger partial charge < -0.3 is 4.74 Å². The molecule has 0 fully saturated rings. The van der Waals surface area contributed by atoms with Crippen LogP contribution in [-0.4, -0.2) is 20.7 Å². The molecule has 0 saturated heterocycles. The Morgan fingerprint density at radius 2 is 1.64 bits per heavy atom. The van der Waals surface area contributed by atoms with Gasteiger partial charge in [0.15, 0.2) is 5.82 Å². The highest BCUT2D eigenvalue weighted by Crippen LogP contribution is 2.27. The number of para-hydroxylation sites is 1. The van der Waals surface area contributed by atoms with Crippen LogP contribution in [0.15, 0.2) is 54.6 Å². The van der Waals surface area contributed by atoms with Gasteiger partial charge in [0, 0.05) is 12.5 Å². The third-order valence-electron chi connectivity index (χ3n) is 3.83. The van der Waals surface area contributed by atoms with Crippen LogP contribution in [0.3, 0.4) is 0 Å². The van der Waals surface area contributed by atoms with Crippen molar-refractivity contribution in [1.29, 1.82) is 0 Å². The van der Waals surface area contributed by atoms with E-state index in [2.05, 4.69) is 43.0 Å². The van der Waals surface area contributed by atoms with Crippen molar-refractivity contribution in [2.24, 2.45) is 0 Å². The lowest BCUT2D eigenvalue weighted by atomic mass is 9.87. The fourth-order valence-electron chi connectivity index (χ4n) is 2.52. The highest BCUT2D eigenvalue weighted by atomic mass is 16.5. The number of nitrogens with zero attached hydrogens (tertiary/aromatic N) is 3. The first-order valence-electron chi connectivity index (χ1n) is 8.16. The smallest absolute Gasteiger partial charge is 0.344 e. The maximum absolute atomic E-state index is 11.3. The van der Waals surface area contributed by atoms with E-state index in [0.29, 0.717) is 5.82 Å². The lowest BCUT2D eigenvalue weighted by Gasteiger charge is -2.19. The zero-order valence-corrected chi connectivity index (χ0v) is 14.9. The largest absolute Gasteiger partial charge is 0.390 e. The van der Waals surface area contributed by atoms with Crippen molar-refractivity contribution in [3.63, 3.8) is 0 Å². The standard InChI is InChI=1S/C20H21N3O2/c1-14(24)25-19-21-18(23(22-19)17-8-6-5-7-9-17)15-10-12-16(13-11-15)20(2,3)4/h5-13H,1-4H3. The van der Waals surface area contributed by atoms with E-state index in [9.17, 15) is 4.79 Å². The van der Waals surface area contributed by atoms with Gasteiger partial charge in [-0.05, 0) is 23.1 Å². The number of ether oxygens (including phenoxy) is 1. The molecule has 25 heavy (non-hydrogen) atoms. The van der Waals surface area contributed by atoms with Crippen molar-refractivity contribution in [2.45, 2.75) is 33.1 Å². The Bertz CT molecular complexity index is 876. The van der Waals surface area contributed by atoms with E-state index in [0.717, 1.165) is 11.3 Å². The molecule has 0 radical (unpaired) electrons. The lowest BCUT2D eigenvalue weighted by Crippen LogP contribution is -2.10. The summed E-state index contributed by atoms with van der Waals surface area (Å²) in [6.45, 7) is 7.86. The Morgan fingerprint density at radius 3 is 2.20 bits per heavy atom. The summed E-state index contributed by atoms with van der Waals surface area (Å²) >= 11 is 0. The maximum Gasteiger partial charge on any atom is 0.344 e. The van der Waals surface area contributed by atoms with Crippen LogP contribution in [0.4, 0.5) is 0 Å². The Hall–Kier alpha value is -2.95. The van der Waals surface area contributed by atoms with Gasteiger partial charge in [0.2, 0.25) is 0 Å². The second-order valence-electron chi connectivity index (χ2n) is 6.89. The molecule has 0 aliphatic rings. The number of benzene rings is 2. The molecule has 0 N–H and O–H groups in total. The van der Waals surface area contributed by atoms with E-state index < -0.39 is 5.97 Å². The normalized spacial score (nSPS) is 11.4. The van der Waals surface area contributed by atoms with Gasteiger partial charge in [-0.25, -0.2) is 4.68 Å². The van der Waals surface area contributed by atoms with E-state index in [1.807, 2.05) is 42.5 Å². The Kier molecular flexibility index (Phi) is 4.40. The lowest BCUT2D eigenvalue weighted by molar-refractivity contribution is -0.132. The van der Waals surface area contributed by atoms with Crippen LogP contribution in [-0.2, 0) is 10.2 Å². The highest BCUT2D eigenvalue weighted by Gasteiger charge is 2.18. The van der Waals surface area contributed by atoms with Crippen molar-refractivity contribution in [2.75, 3.05) is 0 Å². The molecule has 0 bridgehead atoms. The summed E-state index contributed by atoms with van der Waals surface area (Å²) in [5.74, 6) is 0.183. The molecule has 0 aliphatic heterocycles. The first-order valence-corrected chi connectivity index (χ1v) is 8.16. The van der Waals surface area contributed by atoms with Crippen molar-refractivity contribution in [3.05, 3.63) is 60.2 Å². The van der Waals surface area contributed by atoms with Crippen LogP contribution in [0.2, 0.25) is 0 Å².